The number of hydrogen-bond acceptors (Lipinski definition) is 8. The fourth-order valence-electron chi connectivity index (χ4n) is 3.97. The molecule has 180 valence electrons. The summed E-state index contributed by atoms with van der Waals surface area (Å²) >= 11 is 1.01. The van der Waals surface area contributed by atoms with Crippen molar-refractivity contribution in [2.75, 3.05) is 5.32 Å². The molecule has 6 aromatic rings. The number of aliphatic hydroxyl groups is 1. The molecule has 12 heteroatoms. The highest BCUT2D eigenvalue weighted by Crippen LogP contribution is 2.35. The molecule has 36 heavy (non-hydrogen) atoms. The highest BCUT2D eigenvalue weighted by molar-refractivity contribution is 7.14. The summed E-state index contributed by atoms with van der Waals surface area (Å²) in [5, 5.41) is 19.7. The van der Waals surface area contributed by atoms with E-state index in [-0.39, 0.29) is 27.4 Å². The van der Waals surface area contributed by atoms with Crippen molar-refractivity contribution < 1.29 is 13.9 Å². The van der Waals surface area contributed by atoms with Crippen LogP contribution in [0, 0.1) is 10.9 Å². The molecule has 0 spiro atoms. The first-order valence-electron chi connectivity index (χ1n) is 11.0. The molecule has 1 atom stereocenters. The van der Waals surface area contributed by atoms with Crippen LogP contribution in [0.2, 0.25) is 0 Å². The lowest BCUT2D eigenvalue weighted by molar-refractivity contribution is 0.199. The Labute approximate surface area is 206 Å². The number of nitrogens with zero attached hydrogens (tertiary/aromatic N) is 5. The number of fused-ring (bicyclic) bond motifs is 2. The SMILES string of the molecule is CCC(O)Nc1cncc(-c2cnc3[nH]nc(-c4nc5c(-c6ccc(F)s6)ccnc5[nH]4)c3c2F)c1. The minimum absolute atomic E-state index is 0.155. The Morgan fingerprint density at radius 3 is 2.78 bits per heavy atom. The van der Waals surface area contributed by atoms with Gasteiger partial charge in [-0.3, -0.25) is 10.1 Å². The number of pyridine rings is 3. The van der Waals surface area contributed by atoms with Gasteiger partial charge in [0.25, 0.3) is 0 Å². The third-order valence-corrected chi connectivity index (χ3v) is 6.65. The van der Waals surface area contributed by atoms with Crippen LogP contribution >= 0.6 is 11.3 Å². The van der Waals surface area contributed by atoms with E-state index in [4.69, 9.17) is 0 Å². The number of rotatable bonds is 6. The van der Waals surface area contributed by atoms with Gasteiger partial charge in [-0.05, 0) is 30.7 Å². The number of aromatic nitrogens is 7. The smallest absolute Gasteiger partial charge is 0.176 e. The van der Waals surface area contributed by atoms with Gasteiger partial charge in [0.15, 0.2) is 22.2 Å². The third kappa shape index (κ3) is 3.76. The van der Waals surface area contributed by atoms with E-state index in [1.165, 1.54) is 18.5 Å². The Hall–Kier alpha value is -4.29. The fourth-order valence-corrected chi connectivity index (χ4v) is 4.73. The fraction of sp³-hybridized carbons (Fsp3) is 0.125. The zero-order valence-electron chi connectivity index (χ0n) is 18.8. The van der Waals surface area contributed by atoms with E-state index in [0.29, 0.717) is 45.1 Å². The summed E-state index contributed by atoms with van der Waals surface area (Å²) in [6.07, 6.45) is 5.83. The first-order valence-corrected chi connectivity index (χ1v) is 11.9. The molecule has 0 radical (unpaired) electrons. The molecule has 0 bridgehead atoms. The molecule has 6 rings (SSSR count). The van der Waals surface area contributed by atoms with Gasteiger partial charge < -0.3 is 15.4 Å². The predicted octanol–water partition coefficient (Wildman–Crippen LogP) is 5.11. The normalized spacial score (nSPS) is 12.4. The summed E-state index contributed by atoms with van der Waals surface area (Å²) in [6.45, 7) is 1.84. The Kier molecular flexibility index (Phi) is 5.38. The van der Waals surface area contributed by atoms with Crippen molar-refractivity contribution in [2.24, 2.45) is 0 Å². The van der Waals surface area contributed by atoms with Crippen LogP contribution in [0.3, 0.4) is 0 Å². The molecule has 0 amide bonds. The summed E-state index contributed by atoms with van der Waals surface area (Å²) < 4.78 is 29.5. The van der Waals surface area contributed by atoms with E-state index in [9.17, 15) is 9.50 Å². The maximum Gasteiger partial charge on any atom is 0.176 e. The molecule has 6 aromatic heterocycles. The van der Waals surface area contributed by atoms with Crippen LogP contribution in [0.15, 0.2) is 49.1 Å². The second-order valence-corrected chi connectivity index (χ2v) is 9.09. The van der Waals surface area contributed by atoms with Crippen molar-refractivity contribution >= 4 is 39.2 Å². The van der Waals surface area contributed by atoms with Gasteiger partial charge in [0.2, 0.25) is 0 Å². The Bertz CT molecular complexity index is 1730. The van der Waals surface area contributed by atoms with E-state index < -0.39 is 12.0 Å². The zero-order valence-corrected chi connectivity index (χ0v) is 19.6. The van der Waals surface area contributed by atoms with Crippen LogP contribution in [0.25, 0.3) is 55.3 Å². The number of halogens is 2. The van der Waals surface area contributed by atoms with Crippen LogP contribution in [-0.2, 0) is 0 Å². The number of aromatic amines is 2. The van der Waals surface area contributed by atoms with Crippen molar-refractivity contribution in [3.8, 4) is 33.1 Å². The summed E-state index contributed by atoms with van der Waals surface area (Å²) in [7, 11) is 0. The molecule has 6 heterocycles. The highest BCUT2D eigenvalue weighted by atomic mass is 32.1. The van der Waals surface area contributed by atoms with Gasteiger partial charge in [-0.25, -0.2) is 19.3 Å². The van der Waals surface area contributed by atoms with Crippen molar-refractivity contribution in [3.05, 3.63) is 60.0 Å². The molecule has 0 aliphatic rings. The summed E-state index contributed by atoms with van der Waals surface area (Å²) in [5.74, 6) is -0.251. The quantitative estimate of drug-likeness (QED) is 0.232. The standard InChI is InChI=1S/C24H18F2N8OS/c1-2-17(35)30-12-7-11(8-27-9-12)14-10-29-22-18(19(14)26)21(33-34-22)24-31-20-13(5-6-28-23(20)32-24)15-3-4-16(25)36-15/h3-10,17,30,35H,2H2,1H3,(H,28,31,32)(H,29,33,34). The van der Waals surface area contributed by atoms with Crippen molar-refractivity contribution in [2.45, 2.75) is 19.6 Å². The lowest BCUT2D eigenvalue weighted by Gasteiger charge is -2.12. The molecule has 0 fully saturated rings. The van der Waals surface area contributed by atoms with Crippen LogP contribution in [0.4, 0.5) is 14.5 Å². The van der Waals surface area contributed by atoms with Gasteiger partial charge in [-0.2, -0.15) is 9.49 Å². The van der Waals surface area contributed by atoms with Crippen molar-refractivity contribution in [1.82, 2.24) is 35.1 Å². The average molecular weight is 505 g/mol. The average Bonchev–Trinajstić information content (AvgIpc) is 3.62. The van der Waals surface area contributed by atoms with Crippen LogP contribution < -0.4 is 5.32 Å². The minimum atomic E-state index is -0.745. The zero-order chi connectivity index (χ0) is 24.8. The second-order valence-electron chi connectivity index (χ2n) is 8.06. The number of hydrogen-bond donors (Lipinski definition) is 4. The van der Waals surface area contributed by atoms with Crippen LogP contribution in [0.5, 0.6) is 0 Å². The number of thiophene rings is 1. The highest BCUT2D eigenvalue weighted by Gasteiger charge is 2.22. The number of H-pyrrole nitrogens is 2. The van der Waals surface area contributed by atoms with Gasteiger partial charge in [-0.15, -0.1) is 11.3 Å². The monoisotopic (exact) mass is 504 g/mol. The third-order valence-electron chi connectivity index (χ3n) is 5.74. The molecule has 0 saturated heterocycles. The minimum Gasteiger partial charge on any atom is -0.374 e. The van der Waals surface area contributed by atoms with E-state index >= 15 is 4.39 Å². The van der Waals surface area contributed by atoms with Gasteiger partial charge in [0.1, 0.15) is 23.3 Å². The topological polar surface area (TPSA) is 128 Å². The molecule has 0 aliphatic heterocycles. The molecular weight excluding hydrogens is 486 g/mol. The van der Waals surface area contributed by atoms with Gasteiger partial charge in [-0.1, -0.05) is 6.92 Å². The molecular formula is C24H18F2N8OS. The molecule has 0 aromatic carbocycles. The molecule has 0 aliphatic carbocycles. The number of imidazole rings is 1. The summed E-state index contributed by atoms with van der Waals surface area (Å²) in [5.41, 5.74) is 3.44. The van der Waals surface area contributed by atoms with Gasteiger partial charge in [0.05, 0.1) is 17.3 Å². The Morgan fingerprint density at radius 1 is 1.08 bits per heavy atom. The lowest BCUT2D eigenvalue weighted by Crippen LogP contribution is -2.17. The largest absolute Gasteiger partial charge is 0.374 e. The van der Waals surface area contributed by atoms with E-state index in [1.54, 1.807) is 30.6 Å². The Balaban J connectivity index is 1.46. The maximum absolute atomic E-state index is 15.9. The van der Waals surface area contributed by atoms with Gasteiger partial charge in [0, 0.05) is 40.2 Å². The molecule has 9 nitrogen and oxygen atoms in total. The molecule has 4 N–H and O–H groups in total. The molecule has 1 unspecified atom stereocenters. The van der Waals surface area contributed by atoms with E-state index in [1.807, 2.05) is 6.92 Å². The summed E-state index contributed by atoms with van der Waals surface area (Å²) in [4.78, 5) is 21.3. The van der Waals surface area contributed by atoms with E-state index in [0.717, 1.165) is 11.3 Å². The summed E-state index contributed by atoms with van der Waals surface area (Å²) in [6, 6.07) is 6.52. The predicted molar refractivity (Wildman–Crippen MR) is 133 cm³/mol. The lowest BCUT2D eigenvalue weighted by atomic mass is 10.1. The van der Waals surface area contributed by atoms with Crippen LogP contribution in [0.1, 0.15) is 13.3 Å². The molecule has 0 saturated carbocycles. The maximum atomic E-state index is 15.9. The Morgan fingerprint density at radius 2 is 1.97 bits per heavy atom. The van der Waals surface area contributed by atoms with Crippen molar-refractivity contribution in [3.63, 3.8) is 0 Å². The second kappa shape index (κ2) is 8.73. The first kappa shape index (κ1) is 22.2. The van der Waals surface area contributed by atoms with Gasteiger partial charge >= 0.3 is 0 Å². The first-order chi connectivity index (χ1) is 17.5. The number of anilines is 1. The van der Waals surface area contributed by atoms with E-state index in [2.05, 4.69) is 40.4 Å². The van der Waals surface area contributed by atoms with Crippen LogP contribution in [-0.4, -0.2) is 46.5 Å². The number of nitrogens with one attached hydrogen (secondary N) is 3. The van der Waals surface area contributed by atoms with Crippen molar-refractivity contribution in [1.29, 1.82) is 0 Å². The number of aliphatic hydroxyl groups excluding tert-OH is 1.